The number of hydrogen-bond donors (Lipinski definition) is 1. The molecule has 2 rings (SSSR count). The lowest BCUT2D eigenvalue weighted by atomic mass is 10.2. The van der Waals surface area contributed by atoms with Gasteiger partial charge in [0.1, 0.15) is 5.75 Å². The molecular formula is C14H11ClF3N3O. The molecule has 0 spiro atoms. The molecule has 0 aliphatic carbocycles. The molecule has 1 N–H and O–H groups in total. The van der Waals surface area contributed by atoms with Crippen molar-refractivity contribution in [1.29, 1.82) is 0 Å². The van der Waals surface area contributed by atoms with Crippen LogP contribution in [0.1, 0.15) is 11.1 Å². The number of methoxy groups -OCH3 is 1. The highest BCUT2D eigenvalue weighted by atomic mass is 35.5. The van der Waals surface area contributed by atoms with Crippen LogP contribution < -0.4 is 10.2 Å². The van der Waals surface area contributed by atoms with E-state index in [1.54, 1.807) is 24.3 Å². The molecule has 0 unspecified atom stereocenters. The fourth-order valence-corrected chi connectivity index (χ4v) is 1.82. The maximum Gasteiger partial charge on any atom is 0.417 e. The molecule has 0 amide bonds. The summed E-state index contributed by atoms with van der Waals surface area (Å²) in [4.78, 5) is 3.61. The number of hydrazone groups is 1. The van der Waals surface area contributed by atoms with Crippen molar-refractivity contribution < 1.29 is 17.9 Å². The Kier molecular flexibility index (Phi) is 4.87. The first-order valence-electron chi connectivity index (χ1n) is 6.06. The first-order chi connectivity index (χ1) is 10.4. The van der Waals surface area contributed by atoms with Crippen molar-refractivity contribution in [1.82, 2.24) is 4.98 Å². The topological polar surface area (TPSA) is 46.5 Å². The summed E-state index contributed by atoms with van der Waals surface area (Å²) < 4.78 is 42.6. The van der Waals surface area contributed by atoms with Crippen molar-refractivity contribution in [2.24, 2.45) is 5.10 Å². The van der Waals surface area contributed by atoms with Gasteiger partial charge in [-0.25, -0.2) is 4.98 Å². The van der Waals surface area contributed by atoms with Crippen LogP contribution in [0.4, 0.5) is 19.0 Å². The standard InChI is InChI=1S/C14H11ClF3N3O/c1-22-12-5-3-2-4-9(12)7-20-21-13-11(15)6-10(8-19-13)14(16,17)18/h2-8H,1H3,(H,19,21). The molecule has 1 heterocycles. The molecule has 2 aromatic rings. The molecule has 0 saturated heterocycles. The summed E-state index contributed by atoms with van der Waals surface area (Å²) in [6.07, 6.45) is -2.35. The van der Waals surface area contributed by atoms with E-state index in [4.69, 9.17) is 16.3 Å². The Hall–Kier alpha value is -2.28. The van der Waals surface area contributed by atoms with Crippen LogP contribution in [0, 0.1) is 0 Å². The van der Waals surface area contributed by atoms with Gasteiger partial charge in [0.25, 0.3) is 0 Å². The molecule has 22 heavy (non-hydrogen) atoms. The normalized spacial score (nSPS) is 11.7. The molecule has 0 bridgehead atoms. The summed E-state index contributed by atoms with van der Waals surface area (Å²) in [7, 11) is 1.52. The van der Waals surface area contributed by atoms with Gasteiger partial charge in [-0.05, 0) is 18.2 Å². The van der Waals surface area contributed by atoms with Gasteiger partial charge in [-0.15, -0.1) is 0 Å². The fourth-order valence-electron chi connectivity index (χ4n) is 1.61. The number of nitrogens with one attached hydrogen (secondary N) is 1. The van der Waals surface area contributed by atoms with Gasteiger partial charge in [-0.2, -0.15) is 18.3 Å². The van der Waals surface area contributed by atoms with Crippen LogP contribution >= 0.6 is 11.6 Å². The predicted octanol–water partition coefficient (Wildman–Crippen LogP) is 4.21. The van der Waals surface area contributed by atoms with Crippen LogP contribution in [0.15, 0.2) is 41.6 Å². The first kappa shape index (κ1) is 16.1. The third kappa shape index (κ3) is 3.88. The lowest BCUT2D eigenvalue weighted by Crippen LogP contribution is -2.06. The SMILES string of the molecule is COc1ccccc1C=NNc1ncc(C(F)(F)F)cc1Cl. The number of aromatic nitrogens is 1. The Morgan fingerprint density at radius 3 is 2.68 bits per heavy atom. The van der Waals surface area contributed by atoms with Crippen LogP contribution in [0.5, 0.6) is 5.75 Å². The van der Waals surface area contributed by atoms with E-state index in [2.05, 4.69) is 15.5 Å². The van der Waals surface area contributed by atoms with Gasteiger partial charge in [0, 0.05) is 11.8 Å². The molecule has 0 aliphatic heterocycles. The lowest BCUT2D eigenvalue weighted by Gasteiger charge is -2.08. The van der Waals surface area contributed by atoms with Gasteiger partial charge >= 0.3 is 6.18 Å². The summed E-state index contributed by atoms with van der Waals surface area (Å²) in [6, 6.07) is 7.91. The highest BCUT2D eigenvalue weighted by molar-refractivity contribution is 6.32. The van der Waals surface area contributed by atoms with Gasteiger partial charge in [-0.3, -0.25) is 5.43 Å². The molecular weight excluding hydrogens is 319 g/mol. The van der Waals surface area contributed by atoms with Gasteiger partial charge in [0.15, 0.2) is 5.82 Å². The van der Waals surface area contributed by atoms with E-state index < -0.39 is 11.7 Å². The molecule has 116 valence electrons. The summed E-state index contributed by atoms with van der Waals surface area (Å²) >= 11 is 5.75. The Morgan fingerprint density at radius 1 is 1.32 bits per heavy atom. The van der Waals surface area contributed by atoms with Crippen LogP contribution in [-0.4, -0.2) is 18.3 Å². The van der Waals surface area contributed by atoms with Gasteiger partial charge in [0.2, 0.25) is 0 Å². The van der Waals surface area contributed by atoms with E-state index >= 15 is 0 Å². The quantitative estimate of drug-likeness (QED) is 0.675. The third-order valence-electron chi connectivity index (χ3n) is 2.68. The van der Waals surface area contributed by atoms with Crippen LogP contribution in [-0.2, 0) is 6.18 Å². The van der Waals surface area contributed by atoms with Crippen molar-refractivity contribution in [2.45, 2.75) is 6.18 Å². The Morgan fingerprint density at radius 2 is 2.05 bits per heavy atom. The molecule has 0 radical (unpaired) electrons. The van der Waals surface area contributed by atoms with Crippen molar-refractivity contribution in [2.75, 3.05) is 12.5 Å². The zero-order valence-electron chi connectivity index (χ0n) is 11.4. The highest BCUT2D eigenvalue weighted by Gasteiger charge is 2.31. The molecule has 0 atom stereocenters. The van der Waals surface area contributed by atoms with E-state index in [1.165, 1.54) is 13.3 Å². The highest BCUT2D eigenvalue weighted by Crippen LogP contribution is 2.32. The summed E-state index contributed by atoms with van der Waals surface area (Å²) in [6.45, 7) is 0. The summed E-state index contributed by atoms with van der Waals surface area (Å²) in [5.74, 6) is 0.639. The minimum absolute atomic E-state index is 0.0285. The molecule has 0 aliphatic rings. The summed E-state index contributed by atoms with van der Waals surface area (Å²) in [5.41, 5.74) is 2.27. The van der Waals surface area contributed by atoms with E-state index in [9.17, 15) is 13.2 Å². The fraction of sp³-hybridized carbons (Fsp3) is 0.143. The number of ether oxygens (including phenoxy) is 1. The first-order valence-corrected chi connectivity index (χ1v) is 6.44. The van der Waals surface area contributed by atoms with Gasteiger partial charge < -0.3 is 4.74 Å². The number of hydrogen-bond acceptors (Lipinski definition) is 4. The molecule has 0 saturated carbocycles. The third-order valence-corrected chi connectivity index (χ3v) is 2.97. The maximum absolute atomic E-state index is 12.5. The van der Waals surface area contributed by atoms with Crippen LogP contribution in [0.2, 0.25) is 5.02 Å². The Labute approximate surface area is 129 Å². The molecule has 8 heteroatoms. The number of alkyl halides is 3. The largest absolute Gasteiger partial charge is 0.496 e. The van der Waals surface area contributed by atoms with Crippen molar-refractivity contribution in [3.8, 4) is 5.75 Å². The number of nitrogens with zero attached hydrogens (tertiary/aromatic N) is 2. The zero-order chi connectivity index (χ0) is 16.2. The summed E-state index contributed by atoms with van der Waals surface area (Å²) in [5, 5.41) is 3.72. The molecule has 1 aromatic heterocycles. The molecule has 0 fully saturated rings. The van der Waals surface area contributed by atoms with E-state index in [0.717, 1.165) is 6.07 Å². The van der Waals surface area contributed by atoms with Crippen LogP contribution in [0.25, 0.3) is 0 Å². The van der Waals surface area contributed by atoms with Crippen LogP contribution in [0.3, 0.4) is 0 Å². The van der Waals surface area contributed by atoms with Gasteiger partial charge in [-0.1, -0.05) is 23.7 Å². The predicted molar refractivity (Wildman–Crippen MR) is 78.5 cm³/mol. The number of pyridine rings is 1. The van der Waals surface area contributed by atoms with Crippen molar-refractivity contribution in [3.05, 3.63) is 52.7 Å². The number of halogens is 4. The van der Waals surface area contributed by atoms with Crippen molar-refractivity contribution in [3.63, 3.8) is 0 Å². The number of rotatable bonds is 4. The minimum atomic E-state index is -4.49. The van der Waals surface area contributed by atoms with Crippen molar-refractivity contribution >= 4 is 23.6 Å². The average molecular weight is 330 g/mol. The minimum Gasteiger partial charge on any atom is -0.496 e. The number of para-hydroxylation sites is 1. The monoisotopic (exact) mass is 329 g/mol. The van der Waals surface area contributed by atoms with E-state index in [-0.39, 0.29) is 10.8 Å². The number of anilines is 1. The number of benzene rings is 1. The van der Waals surface area contributed by atoms with E-state index in [0.29, 0.717) is 17.5 Å². The average Bonchev–Trinajstić information content (AvgIpc) is 2.48. The molecule has 4 nitrogen and oxygen atoms in total. The second-order valence-electron chi connectivity index (χ2n) is 4.16. The second kappa shape index (κ2) is 6.65. The maximum atomic E-state index is 12.5. The molecule has 1 aromatic carbocycles. The zero-order valence-corrected chi connectivity index (χ0v) is 12.1. The Balaban J connectivity index is 2.13. The van der Waals surface area contributed by atoms with Gasteiger partial charge in [0.05, 0.1) is 23.9 Å². The Bertz CT molecular complexity index is 689. The lowest BCUT2D eigenvalue weighted by molar-refractivity contribution is -0.137. The second-order valence-corrected chi connectivity index (χ2v) is 4.57. The van der Waals surface area contributed by atoms with E-state index in [1.807, 2.05) is 0 Å². The smallest absolute Gasteiger partial charge is 0.417 e.